The zero-order valence-electron chi connectivity index (χ0n) is 81.5. The standard InChI is InChI=1S/C100H154N6O29S2/c1-11-15-17-19-21-23-25-27-28-30-32-34-36-38-40-47-83(114)103-72(75(110)46-39-37-35-33-31-29-26-24-22-20-18-16-12-2)60-129-95-89(118)88(117)91(81(59-108)132-95)133-96-90(119)93(135-100(97(121)122)56-76(111)85(102-63(5)109)92(134-100)86(115)77(112)58-107)87(116)80(131-96)57-101-82(113)48-43-49-104(10)94(120)67-45-42-41-44-66(67)84-70-50-68-64(61-136(123,124)125)54-98(6,7)105(13-3)73(68)52-78(70)130-79-53-74-69(51-71(79)84)65(62-137(126,127)128)55-99(8,9)106(74)14-4/h39,41-42,44-46,50-55,72,75-77,80-81,85-93,95-96,107-108,110-112,115-119H,11-38,40,43,47-49,56-62H2,1-10H3,(H5-,101,102,103,109,113,114,121,122,123,124,125,126,127,128)/p-1/b46-39+/t72-,75+,76-,77+,80+,81+,85+,86+,87-,88+,89+,90+,91+,92+,93-,95+,96-,100-/m0/s1. The van der Waals surface area contributed by atoms with E-state index in [0.29, 0.717) is 70.0 Å². The maximum absolute atomic E-state index is 15.3. The average molecular weight is 1970 g/mol. The number of aliphatic hydroxyl groups is 10. The van der Waals surface area contributed by atoms with Gasteiger partial charge in [0.1, 0.15) is 85.2 Å². The molecule has 3 aromatic carbocycles. The Morgan fingerprint density at radius 2 is 1.22 bits per heavy atom. The predicted molar refractivity (Wildman–Crippen MR) is 512 cm³/mol. The summed E-state index contributed by atoms with van der Waals surface area (Å²) in [4.78, 5) is 72.9. The second kappa shape index (κ2) is 53.1. The van der Waals surface area contributed by atoms with Crippen LogP contribution in [0.15, 0.2) is 72.8 Å². The van der Waals surface area contributed by atoms with Crippen molar-refractivity contribution in [1.29, 1.82) is 0 Å². The molecule has 4 amide bonds. The van der Waals surface area contributed by atoms with Gasteiger partial charge in [-0.25, -0.2) is 26.2 Å². The molecule has 37 heteroatoms. The van der Waals surface area contributed by atoms with Gasteiger partial charge in [0.05, 0.1) is 93.0 Å². The van der Waals surface area contributed by atoms with E-state index in [1.165, 1.54) is 115 Å². The largest absolute Gasteiger partial charge is 0.748 e. The number of carboxylic acids is 1. The van der Waals surface area contributed by atoms with Gasteiger partial charge in [0, 0.05) is 106 Å². The van der Waals surface area contributed by atoms with Gasteiger partial charge in [-0.05, 0) is 94.4 Å². The third-order valence-electron chi connectivity index (χ3n) is 26.9. The molecule has 0 aromatic heterocycles. The number of rotatable bonds is 58. The Kier molecular flexibility index (Phi) is 43.9. The number of aliphatic hydroxyl groups excluding tert-OH is 10. The first-order chi connectivity index (χ1) is 65.1. The molecule has 137 heavy (non-hydrogen) atoms. The molecular formula is C100H153N6O29S2-. The van der Waals surface area contributed by atoms with Crippen molar-refractivity contribution in [1.82, 2.24) is 25.4 Å². The van der Waals surface area contributed by atoms with Gasteiger partial charge in [-0.3, -0.25) is 19.2 Å². The maximum atomic E-state index is 15.3. The molecule has 3 aromatic rings. The van der Waals surface area contributed by atoms with Crippen LogP contribution in [0.5, 0.6) is 11.5 Å². The molecule has 6 aliphatic rings. The third kappa shape index (κ3) is 31.3. The van der Waals surface area contributed by atoms with Crippen LogP contribution < -0.4 is 40.7 Å². The minimum Gasteiger partial charge on any atom is -0.748 e. The maximum Gasteiger partial charge on any atom is 0.364 e. The highest BCUT2D eigenvalue weighted by Crippen LogP contribution is 2.48. The molecule has 0 aliphatic carbocycles. The van der Waals surface area contributed by atoms with Gasteiger partial charge in [-0.15, -0.1) is 0 Å². The number of carbonyl (C=O) groups excluding carboxylic acids is 4. The topological polar surface area (TPSA) is 532 Å². The minimum atomic E-state index is -4.89. The minimum absolute atomic E-state index is 0.0711. The fourth-order valence-corrected chi connectivity index (χ4v) is 20.9. The van der Waals surface area contributed by atoms with Crippen LogP contribution in [0.3, 0.4) is 0 Å². The fraction of sp³-hybridized carbons (Fsp3) is 0.700. The Bertz CT molecular complexity index is 4930. The highest BCUT2D eigenvalue weighted by Gasteiger charge is 2.61. The Labute approximate surface area is 807 Å². The van der Waals surface area contributed by atoms with Gasteiger partial charge in [-0.2, -0.15) is 0 Å². The van der Waals surface area contributed by atoms with Crippen molar-refractivity contribution < 1.29 is 139 Å². The average Bonchev–Trinajstić information content (AvgIpc) is 0.706. The first kappa shape index (κ1) is 113. The molecule has 770 valence electrons. The molecule has 6 heterocycles. The van der Waals surface area contributed by atoms with Crippen LogP contribution in [0, 0.1) is 0 Å². The highest BCUT2D eigenvalue weighted by molar-refractivity contribution is 7.86. The summed E-state index contributed by atoms with van der Waals surface area (Å²) in [5, 5.41) is 135. The van der Waals surface area contributed by atoms with E-state index in [9.17, 15) is 101 Å². The SMILES string of the molecule is CCCCCCCCCCCCC/C=C/[C@@H](O)[C@H](CO[C@@H]1O[C@H](CO)[C@@H](O[C@@H]2O[C@H](CNC(=O)CCCN(C)C(=O)c3ccccc3C3=c4cc5c(cc4Oc4cc6c(cc43)C(CS(=O)(=O)[O-])=CC(C)(C)N6CC)=[N+](CC)C(C)(C)C=C5CS(=O)(=O)[O-])[C@H](O)[C@H](O[C@]3(C(=O)O)C[C@H](O)[C@@H](NC(C)=O)[C@H]([C@H](O)[C@H](O)CO)O3)[C@H]2O)[C@H](O)[C@H]1O)NC(=O)CCCCCCCCCCCCCCCCC. The van der Waals surface area contributed by atoms with E-state index in [4.69, 9.17) is 33.2 Å². The van der Waals surface area contributed by atoms with Gasteiger partial charge in [0.25, 0.3) is 11.7 Å². The van der Waals surface area contributed by atoms with E-state index in [1.54, 1.807) is 66.8 Å². The number of likely N-dealkylation sites (N-methyl/N-ethyl adjacent to an activating group) is 2. The number of allylic oxidation sites excluding steroid dienone is 1. The van der Waals surface area contributed by atoms with Gasteiger partial charge in [0.2, 0.25) is 23.1 Å². The number of carboxylic acid groups (broad SMARTS) is 1. The molecule has 0 unspecified atom stereocenters. The van der Waals surface area contributed by atoms with Crippen LogP contribution in [0.25, 0.3) is 16.7 Å². The number of unbranched alkanes of at least 4 members (excludes halogenated alkanes) is 25. The molecule has 0 radical (unpaired) electrons. The molecule has 0 saturated carbocycles. The summed E-state index contributed by atoms with van der Waals surface area (Å²) in [5.41, 5.74) is 1.18. The van der Waals surface area contributed by atoms with Crippen molar-refractivity contribution in [3.05, 3.63) is 111 Å². The second-order valence-corrected chi connectivity index (χ2v) is 41.5. The summed E-state index contributed by atoms with van der Waals surface area (Å²) in [6.07, 6.45) is 5.03. The lowest BCUT2D eigenvalue weighted by Gasteiger charge is -2.50. The van der Waals surface area contributed by atoms with E-state index in [1.807, 2.05) is 57.1 Å². The smallest absolute Gasteiger partial charge is 0.364 e. The molecule has 0 bridgehead atoms. The molecule has 35 nitrogen and oxygen atoms in total. The number of hydrogen-bond acceptors (Lipinski definition) is 29. The van der Waals surface area contributed by atoms with Crippen LogP contribution in [0.2, 0.25) is 0 Å². The van der Waals surface area contributed by atoms with Gasteiger partial charge < -0.3 is 124 Å². The van der Waals surface area contributed by atoms with Gasteiger partial charge in [-0.1, -0.05) is 204 Å². The molecular weight excluding hydrogens is 1810 g/mol. The van der Waals surface area contributed by atoms with E-state index in [2.05, 4.69) is 29.8 Å². The zero-order valence-corrected chi connectivity index (χ0v) is 83.1. The Balaban J connectivity index is 0.939. The lowest BCUT2D eigenvalue weighted by atomic mass is 9.83. The summed E-state index contributed by atoms with van der Waals surface area (Å²) < 4.78 is 122. The van der Waals surface area contributed by atoms with Crippen molar-refractivity contribution in [3.63, 3.8) is 0 Å². The van der Waals surface area contributed by atoms with Crippen molar-refractivity contribution in [2.24, 2.45) is 0 Å². The molecule has 3 fully saturated rings. The summed E-state index contributed by atoms with van der Waals surface area (Å²) in [6, 6.07) is 10.6. The number of anilines is 1. The van der Waals surface area contributed by atoms with Crippen LogP contribution in [-0.2, 0) is 67.8 Å². The number of fused-ring (bicyclic) bond motifs is 4. The van der Waals surface area contributed by atoms with Crippen molar-refractivity contribution in [2.45, 2.75) is 382 Å². The van der Waals surface area contributed by atoms with Crippen molar-refractivity contribution >= 4 is 72.2 Å². The number of nitrogens with one attached hydrogen (secondary N) is 3. The first-order valence-electron chi connectivity index (χ1n) is 49.5. The predicted octanol–water partition coefficient (Wildman–Crippen LogP) is 6.97. The quantitative estimate of drug-likeness (QED) is 0.00917. The molecule has 18 atom stereocenters. The molecule has 3 saturated heterocycles. The number of aliphatic carboxylic acids is 1. The number of ether oxygens (including phenoxy) is 7. The molecule has 14 N–H and O–H groups in total. The zero-order chi connectivity index (χ0) is 100. The monoisotopic (exact) mass is 1970 g/mol. The van der Waals surface area contributed by atoms with Crippen LogP contribution in [-0.4, -0.2) is 302 Å². The van der Waals surface area contributed by atoms with E-state index in [-0.39, 0.29) is 59.9 Å². The summed E-state index contributed by atoms with van der Waals surface area (Å²) in [6.45, 7) is 14.1. The second-order valence-electron chi connectivity index (χ2n) is 38.7. The van der Waals surface area contributed by atoms with Crippen LogP contribution in [0.1, 0.15) is 294 Å². The lowest BCUT2D eigenvalue weighted by molar-refractivity contribution is -0.384. The summed E-state index contributed by atoms with van der Waals surface area (Å²) in [5.74, 6) is -9.09. The highest BCUT2D eigenvalue weighted by atomic mass is 32.2. The summed E-state index contributed by atoms with van der Waals surface area (Å²) >= 11 is 0. The van der Waals surface area contributed by atoms with E-state index in [0.717, 1.165) is 64.7 Å². The van der Waals surface area contributed by atoms with Gasteiger partial charge >= 0.3 is 5.97 Å². The normalized spacial score (nSPS) is 25.0. The number of benzene rings is 3. The molecule has 0 spiro atoms. The van der Waals surface area contributed by atoms with Crippen LogP contribution >= 0.6 is 0 Å². The van der Waals surface area contributed by atoms with Crippen LogP contribution in [0.4, 0.5) is 5.69 Å². The Morgan fingerprint density at radius 3 is 1.78 bits per heavy atom. The number of hydrogen-bond donors (Lipinski definition) is 14. The van der Waals surface area contributed by atoms with E-state index >= 15 is 4.79 Å². The van der Waals surface area contributed by atoms with Crippen molar-refractivity contribution in [3.8, 4) is 11.5 Å². The Hall–Kier alpha value is -7.32. The molecule has 9 rings (SSSR count). The van der Waals surface area contributed by atoms with Crippen molar-refractivity contribution in [2.75, 3.05) is 69.5 Å². The summed E-state index contributed by atoms with van der Waals surface area (Å²) in [7, 11) is -8.31. The lowest BCUT2D eigenvalue weighted by Crippen LogP contribution is -2.71. The number of amides is 4. The first-order valence-corrected chi connectivity index (χ1v) is 52.7. The Morgan fingerprint density at radius 1 is 0.650 bits per heavy atom. The van der Waals surface area contributed by atoms with E-state index < -0.39 is 209 Å². The fourth-order valence-electron chi connectivity index (χ4n) is 19.7. The molecule has 6 aliphatic heterocycles. The third-order valence-corrected chi connectivity index (χ3v) is 28.3. The number of carbonyl (C=O) groups is 5. The van der Waals surface area contributed by atoms with Gasteiger partial charge in [0.15, 0.2) is 18.1 Å². The number of nitrogens with zero attached hydrogens (tertiary/aromatic N) is 3.